The second-order valence-corrected chi connectivity index (χ2v) is 2.12. The molecule has 0 atom stereocenters. The summed E-state index contributed by atoms with van der Waals surface area (Å²) in [6.07, 6.45) is 1.48. The SMILES string of the molecule is O=C(O)c1nnc2cccnn12. The fourth-order valence-electron chi connectivity index (χ4n) is 0.877. The molecule has 0 saturated carbocycles. The quantitative estimate of drug-likeness (QED) is 0.632. The minimum Gasteiger partial charge on any atom is -0.475 e. The summed E-state index contributed by atoms with van der Waals surface area (Å²) in [7, 11) is 0. The lowest BCUT2D eigenvalue weighted by Gasteiger charge is -1.89. The number of rotatable bonds is 1. The number of carbonyl (C=O) groups is 1. The topological polar surface area (TPSA) is 80.4 Å². The van der Waals surface area contributed by atoms with Gasteiger partial charge < -0.3 is 5.11 Å². The Labute approximate surface area is 66.5 Å². The van der Waals surface area contributed by atoms with Crippen molar-refractivity contribution in [3.8, 4) is 0 Å². The van der Waals surface area contributed by atoms with E-state index in [-0.39, 0.29) is 5.82 Å². The molecule has 0 aliphatic heterocycles. The predicted molar refractivity (Wildman–Crippen MR) is 37.7 cm³/mol. The molecule has 6 nitrogen and oxygen atoms in total. The lowest BCUT2D eigenvalue weighted by atomic mass is 10.5. The Morgan fingerprint density at radius 3 is 3.08 bits per heavy atom. The van der Waals surface area contributed by atoms with Crippen LogP contribution >= 0.6 is 0 Å². The number of aromatic carboxylic acids is 1. The van der Waals surface area contributed by atoms with Crippen molar-refractivity contribution in [1.29, 1.82) is 0 Å². The zero-order chi connectivity index (χ0) is 8.55. The molecular weight excluding hydrogens is 160 g/mol. The van der Waals surface area contributed by atoms with E-state index in [1.165, 1.54) is 10.7 Å². The number of hydrogen-bond donors (Lipinski definition) is 1. The van der Waals surface area contributed by atoms with Gasteiger partial charge in [-0.15, -0.1) is 10.2 Å². The lowest BCUT2D eigenvalue weighted by molar-refractivity contribution is 0.0680. The molecule has 1 N–H and O–H groups in total. The number of aromatic nitrogens is 4. The highest BCUT2D eigenvalue weighted by atomic mass is 16.4. The van der Waals surface area contributed by atoms with Crippen molar-refractivity contribution in [2.45, 2.75) is 0 Å². The van der Waals surface area contributed by atoms with Crippen LogP contribution < -0.4 is 0 Å². The Bertz CT molecular complexity index is 436. The second-order valence-electron chi connectivity index (χ2n) is 2.12. The van der Waals surface area contributed by atoms with Gasteiger partial charge in [0.05, 0.1) is 0 Å². The molecule has 6 heteroatoms. The maximum absolute atomic E-state index is 10.5. The minimum absolute atomic E-state index is 0.175. The van der Waals surface area contributed by atoms with Gasteiger partial charge in [-0.05, 0) is 12.1 Å². The van der Waals surface area contributed by atoms with Gasteiger partial charge in [-0.3, -0.25) is 0 Å². The summed E-state index contributed by atoms with van der Waals surface area (Å²) in [5, 5.41) is 19.4. The molecule has 2 aromatic rings. The van der Waals surface area contributed by atoms with Crippen LogP contribution in [0.15, 0.2) is 18.3 Å². The third kappa shape index (κ3) is 0.815. The molecule has 0 fully saturated rings. The average molecular weight is 164 g/mol. The molecule has 2 aromatic heterocycles. The van der Waals surface area contributed by atoms with E-state index in [0.29, 0.717) is 5.65 Å². The van der Waals surface area contributed by atoms with Gasteiger partial charge in [0.25, 0.3) is 5.82 Å². The van der Waals surface area contributed by atoms with E-state index < -0.39 is 5.97 Å². The van der Waals surface area contributed by atoms with Gasteiger partial charge in [-0.25, -0.2) is 4.79 Å². The molecule has 0 aliphatic carbocycles. The maximum Gasteiger partial charge on any atom is 0.375 e. The van der Waals surface area contributed by atoms with Crippen LogP contribution in [0, 0.1) is 0 Å². The highest BCUT2D eigenvalue weighted by molar-refractivity contribution is 5.83. The van der Waals surface area contributed by atoms with Crippen LogP contribution in [0.1, 0.15) is 10.6 Å². The Kier molecular flexibility index (Phi) is 1.26. The summed E-state index contributed by atoms with van der Waals surface area (Å²) in [5.41, 5.74) is 0.426. The minimum atomic E-state index is -1.14. The van der Waals surface area contributed by atoms with Gasteiger partial charge in [0.2, 0.25) is 0 Å². The first-order valence-electron chi connectivity index (χ1n) is 3.19. The summed E-state index contributed by atoms with van der Waals surface area (Å²) < 4.78 is 1.17. The van der Waals surface area contributed by atoms with Crippen LogP contribution in [0.5, 0.6) is 0 Å². The molecule has 60 valence electrons. The van der Waals surface area contributed by atoms with Gasteiger partial charge in [0, 0.05) is 6.20 Å². The second kappa shape index (κ2) is 2.26. The molecule has 0 unspecified atom stereocenters. The van der Waals surface area contributed by atoms with Crippen molar-refractivity contribution >= 4 is 11.6 Å². The van der Waals surface area contributed by atoms with Gasteiger partial charge in [0.15, 0.2) is 5.65 Å². The van der Waals surface area contributed by atoms with Crippen molar-refractivity contribution in [3.05, 3.63) is 24.2 Å². The molecule has 12 heavy (non-hydrogen) atoms. The summed E-state index contributed by atoms with van der Waals surface area (Å²) in [4.78, 5) is 10.5. The predicted octanol–water partition coefficient (Wildman–Crippen LogP) is -0.178. The smallest absolute Gasteiger partial charge is 0.375 e. The van der Waals surface area contributed by atoms with Gasteiger partial charge in [-0.2, -0.15) is 9.61 Å². The molecule has 0 radical (unpaired) electrons. The van der Waals surface area contributed by atoms with Crippen molar-refractivity contribution in [2.75, 3.05) is 0 Å². The first-order chi connectivity index (χ1) is 5.79. The van der Waals surface area contributed by atoms with E-state index in [1.54, 1.807) is 12.1 Å². The van der Waals surface area contributed by atoms with Crippen molar-refractivity contribution in [3.63, 3.8) is 0 Å². The maximum atomic E-state index is 10.5. The van der Waals surface area contributed by atoms with Crippen molar-refractivity contribution < 1.29 is 9.90 Å². The standard InChI is InChI=1S/C6H4N4O2/c11-6(12)5-9-8-4-2-1-3-7-10(4)5/h1-3H,(H,11,12). The lowest BCUT2D eigenvalue weighted by Crippen LogP contribution is -2.05. The van der Waals surface area contributed by atoms with E-state index in [1.807, 2.05) is 0 Å². The fourth-order valence-corrected chi connectivity index (χ4v) is 0.877. The largest absolute Gasteiger partial charge is 0.475 e. The van der Waals surface area contributed by atoms with E-state index in [4.69, 9.17) is 5.11 Å². The molecule has 2 rings (SSSR count). The summed E-state index contributed by atoms with van der Waals surface area (Å²) >= 11 is 0. The first-order valence-corrected chi connectivity index (χ1v) is 3.19. The third-order valence-corrected chi connectivity index (χ3v) is 1.37. The molecule has 0 bridgehead atoms. The summed E-state index contributed by atoms with van der Waals surface area (Å²) in [6, 6.07) is 3.29. The van der Waals surface area contributed by atoms with E-state index >= 15 is 0 Å². The number of fused-ring (bicyclic) bond motifs is 1. The Hall–Kier alpha value is -1.98. The van der Waals surface area contributed by atoms with Crippen LogP contribution in [0.2, 0.25) is 0 Å². The Morgan fingerprint density at radius 1 is 1.50 bits per heavy atom. The molecule has 2 heterocycles. The van der Waals surface area contributed by atoms with Crippen LogP contribution in [0.4, 0.5) is 0 Å². The molecule has 0 saturated heterocycles. The first kappa shape index (κ1) is 6.71. The zero-order valence-electron chi connectivity index (χ0n) is 5.88. The fraction of sp³-hybridized carbons (Fsp3) is 0. The van der Waals surface area contributed by atoms with Crippen LogP contribution in [0.3, 0.4) is 0 Å². The third-order valence-electron chi connectivity index (χ3n) is 1.37. The summed E-state index contributed by atoms with van der Waals surface area (Å²) in [5.74, 6) is -1.31. The van der Waals surface area contributed by atoms with Crippen LogP contribution in [-0.4, -0.2) is 30.9 Å². The molecular formula is C6H4N4O2. The van der Waals surface area contributed by atoms with Gasteiger partial charge >= 0.3 is 5.97 Å². The van der Waals surface area contributed by atoms with Crippen LogP contribution in [0.25, 0.3) is 5.65 Å². The van der Waals surface area contributed by atoms with E-state index in [9.17, 15) is 4.79 Å². The normalized spacial score (nSPS) is 10.3. The molecule has 0 aliphatic rings. The monoisotopic (exact) mass is 164 g/mol. The highest BCUT2D eigenvalue weighted by Gasteiger charge is 2.12. The van der Waals surface area contributed by atoms with E-state index in [2.05, 4.69) is 15.3 Å². The summed E-state index contributed by atoms with van der Waals surface area (Å²) in [6.45, 7) is 0. The molecule has 0 spiro atoms. The molecule has 0 amide bonds. The van der Waals surface area contributed by atoms with Crippen molar-refractivity contribution in [1.82, 2.24) is 19.8 Å². The Balaban J connectivity index is 2.79. The number of nitrogens with zero attached hydrogens (tertiary/aromatic N) is 4. The average Bonchev–Trinajstić information content (AvgIpc) is 2.47. The van der Waals surface area contributed by atoms with Gasteiger partial charge in [-0.1, -0.05) is 0 Å². The highest BCUT2D eigenvalue weighted by Crippen LogP contribution is 1.98. The van der Waals surface area contributed by atoms with Crippen LogP contribution in [-0.2, 0) is 0 Å². The number of carboxylic acids is 1. The van der Waals surface area contributed by atoms with E-state index in [0.717, 1.165) is 0 Å². The molecule has 0 aromatic carbocycles. The number of carboxylic acid groups (broad SMARTS) is 1. The zero-order valence-corrected chi connectivity index (χ0v) is 5.88. The van der Waals surface area contributed by atoms with Gasteiger partial charge in [0.1, 0.15) is 0 Å². The Morgan fingerprint density at radius 2 is 2.33 bits per heavy atom. The van der Waals surface area contributed by atoms with Crippen molar-refractivity contribution in [2.24, 2.45) is 0 Å². The number of hydrogen-bond acceptors (Lipinski definition) is 4.